The second-order valence-electron chi connectivity index (χ2n) is 4.16. The van der Waals surface area contributed by atoms with Crippen LogP contribution in [0.15, 0.2) is 30.5 Å². The zero-order valence-corrected chi connectivity index (χ0v) is 9.76. The molecule has 2 heterocycles. The highest BCUT2D eigenvalue weighted by molar-refractivity contribution is 5.46. The van der Waals surface area contributed by atoms with E-state index in [0.29, 0.717) is 0 Å². The van der Waals surface area contributed by atoms with Crippen molar-refractivity contribution >= 4 is 5.69 Å². The Balaban J connectivity index is 2.09. The van der Waals surface area contributed by atoms with Gasteiger partial charge in [0.1, 0.15) is 0 Å². The fourth-order valence-electron chi connectivity index (χ4n) is 1.89. The molecule has 86 valence electrons. The van der Waals surface area contributed by atoms with E-state index < -0.39 is 0 Å². The monoisotopic (exact) mass is 217 g/mol. The molecule has 0 saturated heterocycles. The Labute approximate surface area is 97.0 Å². The first-order valence-corrected chi connectivity index (χ1v) is 5.92. The number of nitrogens with zero attached hydrogens (tertiary/aromatic N) is 2. The van der Waals surface area contributed by atoms with Gasteiger partial charge in [0, 0.05) is 19.1 Å². The highest BCUT2D eigenvalue weighted by atomic mass is 15.1. The van der Waals surface area contributed by atoms with Gasteiger partial charge in [-0.3, -0.25) is 4.98 Å². The molecular weight excluding hydrogens is 198 g/mol. The van der Waals surface area contributed by atoms with Crippen LogP contribution in [0.2, 0.25) is 0 Å². The first-order chi connectivity index (χ1) is 7.81. The molecule has 0 unspecified atom stereocenters. The minimum absolute atomic E-state index is 0.0651. The van der Waals surface area contributed by atoms with Crippen LogP contribution in [0.3, 0.4) is 0 Å². The van der Waals surface area contributed by atoms with Crippen LogP contribution in [0.4, 0.5) is 5.69 Å². The maximum absolute atomic E-state index is 5.94. The van der Waals surface area contributed by atoms with Crippen LogP contribution in [0.1, 0.15) is 31.5 Å². The normalized spacial score (nSPS) is 17.5. The smallest absolute Gasteiger partial charge is 0.0572 e. The molecule has 1 atom stereocenters. The highest BCUT2D eigenvalue weighted by Crippen LogP contribution is 2.18. The van der Waals surface area contributed by atoms with Crippen LogP contribution in [0.25, 0.3) is 0 Å². The van der Waals surface area contributed by atoms with Crippen molar-refractivity contribution in [2.75, 3.05) is 18.0 Å². The van der Waals surface area contributed by atoms with Gasteiger partial charge in [0.25, 0.3) is 0 Å². The Morgan fingerprint density at radius 1 is 1.44 bits per heavy atom. The number of hydrogen-bond acceptors (Lipinski definition) is 3. The Morgan fingerprint density at radius 3 is 2.88 bits per heavy atom. The largest absolute Gasteiger partial charge is 0.366 e. The van der Waals surface area contributed by atoms with Crippen molar-refractivity contribution < 1.29 is 0 Å². The first kappa shape index (κ1) is 11.1. The molecule has 1 aliphatic rings. The van der Waals surface area contributed by atoms with Crippen molar-refractivity contribution in [2.45, 2.75) is 25.8 Å². The van der Waals surface area contributed by atoms with Gasteiger partial charge in [-0.15, -0.1) is 0 Å². The lowest BCUT2D eigenvalue weighted by Gasteiger charge is -2.25. The summed E-state index contributed by atoms with van der Waals surface area (Å²) in [5.74, 6) is 0. The lowest BCUT2D eigenvalue weighted by Crippen LogP contribution is -2.26. The van der Waals surface area contributed by atoms with Crippen molar-refractivity contribution in [1.82, 2.24) is 4.98 Å². The molecule has 1 aliphatic heterocycles. The maximum atomic E-state index is 5.94. The van der Waals surface area contributed by atoms with Gasteiger partial charge in [0.2, 0.25) is 0 Å². The number of anilines is 1. The minimum Gasteiger partial charge on any atom is -0.366 e. The molecule has 3 nitrogen and oxygen atoms in total. The third-order valence-electron chi connectivity index (χ3n) is 3.01. The molecule has 2 N–H and O–H groups in total. The van der Waals surface area contributed by atoms with E-state index in [1.807, 2.05) is 12.3 Å². The average molecular weight is 217 g/mol. The third kappa shape index (κ3) is 2.42. The van der Waals surface area contributed by atoms with Gasteiger partial charge in [0.15, 0.2) is 0 Å². The molecule has 1 aromatic heterocycles. The van der Waals surface area contributed by atoms with Gasteiger partial charge in [0.05, 0.1) is 17.6 Å². The Hall–Kier alpha value is -1.35. The van der Waals surface area contributed by atoms with E-state index >= 15 is 0 Å². The van der Waals surface area contributed by atoms with Gasteiger partial charge in [-0.2, -0.15) is 0 Å². The SMILES string of the molecule is CC[C@H](N)c1ccc(N2CC=CCC2)cn1. The fraction of sp³-hybridized carbons (Fsp3) is 0.462. The van der Waals surface area contributed by atoms with Crippen molar-refractivity contribution in [2.24, 2.45) is 5.73 Å². The summed E-state index contributed by atoms with van der Waals surface area (Å²) in [5.41, 5.74) is 8.11. The molecule has 0 aromatic carbocycles. The van der Waals surface area contributed by atoms with Crippen molar-refractivity contribution in [1.29, 1.82) is 0 Å². The summed E-state index contributed by atoms with van der Waals surface area (Å²) in [4.78, 5) is 6.76. The van der Waals surface area contributed by atoms with E-state index in [0.717, 1.165) is 31.6 Å². The Kier molecular flexibility index (Phi) is 3.57. The molecule has 0 amide bonds. The number of hydrogen-bond donors (Lipinski definition) is 1. The molecule has 0 fully saturated rings. The standard InChI is InChI=1S/C13H19N3/c1-2-12(14)13-7-6-11(10-15-13)16-8-4-3-5-9-16/h3-4,6-7,10,12H,2,5,8-9,14H2,1H3/t12-/m0/s1. The van der Waals surface area contributed by atoms with Crippen LogP contribution in [0.5, 0.6) is 0 Å². The number of aromatic nitrogens is 1. The molecule has 0 aliphatic carbocycles. The second kappa shape index (κ2) is 5.12. The molecule has 1 aromatic rings. The summed E-state index contributed by atoms with van der Waals surface area (Å²) in [6, 6.07) is 4.23. The zero-order chi connectivity index (χ0) is 11.4. The fourth-order valence-corrected chi connectivity index (χ4v) is 1.89. The molecule has 0 bridgehead atoms. The van der Waals surface area contributed by atoms with Crippen LogP contribution >= 0.6 is 0 Å². The van der Waals surface area contributed by atoms with Crippen LogP contribution in [-0.4, -0.2) is 18.1 Å². The molecule has 0 spiro atoms. The Bertz CT molecular complexity index is 356. The summed E-state index contributed by atoms with van der Waals surface area (Å²) in [7, 11) is 0. The van der Waals surface area contributed by atoms with Gasteiger partial charge in [-0.25, -0.2) is 0 Å². The predicted molar refractivity (Wildman–Crippen MR) is 67.4 cm³/mol. The molecule has 2 rings (SSSR count). The van der Waals surface area contributed by atoms with Gasteiger partial charge in [-0.05, 0) is 25.0 Å². The van der Waals surface area contributed by atoms with Crippen LogP contribution in [0, 0.1) is 0 Å². The topological polar surface area (TPSA) is 42.1 Å². The van der Waals surface area contributed by atoms with Crippen molar-refractivity contribution in [3.05, 3.63) is 36.2 Å². The predicted octanol–water partition coefficient (Wildman–Crippen LogP) is 2.26. The molecular formula is C13H19N3. The highest BCUT2D eigenvalue weighted by Gasteiger charge is 2.09. The molecule has 3 heteroatoms. The van der Waals surface area contributed by atoms with E-state index in [9.17, 15) is 0 Å². The summed E-state index contributed by atoms with van der Waals surface area (Å²) in [6.45, 7) is 4.15. The summed E-state index contributed by atoms with van der Waals surface area (Å²) in [6.07, 6.45) is 8.42. The van der Waals surface area contributed by atoms with Crippen molar-refractivity contribution in [3.8, 4) is 0 Å². The maximum Gasteiger partial charge on any atom is 0.0572 e. The van der Waals surface area contributed by atoms with Crippen LogP contribution in [-0.2, 0) is 0 Å². The average Bonchev–Trinajstić information content (AvgIpc) is 2.39. The third-order valence-corrected chi connectivity index (χ3v) is 3.01. The Morgan fingerprint density at radius 2 is 2.31 bits per heavy atom. The summed E-state index contributed by atoms with van der Waals surface area (Å²) < 4.78 is 0. The van der Waals surface area contributed by atoms with Gasteiger partial charge < -0.3 is 10.6 Å². The van der Waals surface area contributed by atoms with E-state index in [4.69, 9.17) is 5.73 Å². The minimum atomic E-state index is 0.0651. The number of pyridine rings is 1. The number of rotatable bonds is 3. The summed E-state index contributed by atoms with van der Waals surface area (Å²) >= 11 is 0. The van der Waals surface area contributed by atoms with Gasteiger partial charge >= 0.3 is 0 Å². The summed E-state index contributed by atoms with van der Waals surface area (Å²) in [5, 5.41) is 0. The first-order valence-electron chi connectivity index (χ1n) is 5.92. The lowest BCUT2D eigenvalue weighted by atomic mass is 10.1. The van der Waals surface area contributed by atoms with Crippen molar-refractivity contribution in [3.63, 3.8) is 0 Å². The zero-order valence-electron chi connectivity index (χ0n) is 9.76. The van der Waals surface area contributed by atoms with E-state index in [1.165, 1.54) is 5.69 Å². The van der Waals surface area contributed by atoms with E-state index in [1.54, 1.807) is 0 Å². The van der Waals surface area contributed by atoms with Crippen LogP contribution < -0.4 is 10.6 Å². The van der Waals surface area contributed by atoms with E-state index in [-0.39, 0.29) is 6.04 Å². The lowest BCUT2D eigenvalue weighted by molar-refractivity contribution is 0.674. The molecule has 0 saturated carbocycles. The van der Waals surface area contributed by atoms with Gasteiger partial charge in [-0.1, -0.05) is 19.1 Å². The second-order valence-corrected chi connectivity index (χ2v) is 4.16. The molecule has 16 heavy (non-hydrogen) atoms. The molecule has 0 radical (unpaired) electrons. The number of nitrogens with two attached hydrogens (primary N) is 1. The quantitative estimate of drug-likeness (QED) is 0.790. The van der Waals surface area contributed by atoms with E-state index in [2.05, 4.69) is 35.0 Å².